The van der Waals surface area contributed by atoms with E-state index in [0.29, 0.717) is 34.4 Å². The van der Waals surface area contributed by atoms with E-state index in [1.54, 1.807) is 30.2 Å². The number of ether oxygens (including phenoxy) is 2. The predicted molar refractivity (Wildman–Crippen MR) is 185 cm³/mol. The van der Waals surface area contributed by atoms with Gasteiger partial charge < -0.3 is 24.6 Å². The summed E-state index contributed by atoms with van der Waals surface area (Å²) in [5.41, 5.74) is -0.957. The molecular formula is C35H47FN6O7S. The van der Waals surface area contributed by atoms with E-state index in [0.717, 1.165) is 19.3 Å². The Labute approximate surface area is 292 Å². The Bertz CT molecular complexity index is 1800. The van der Waals surface area contributed by atoms with E-state index >= 15 is 0 Å². The third-order valence-electron chi connectivity index (χ3n) is 10.6. The zero-order valence-electron chi connectivity index (χ0n) is 29.3. The van der Waals surface area contributed by atoms with Crippen LogP contribution in [0.25, 0.3) is 10.9 Å². The number of hydrogen-bond donors (Lipinski definition) is 2. The largest absolute Gasteiger partial charge is 0.497 e. The third-order valence-corrected chi connectivity index (χ3v) is 12.7. The molecule has 2 aliphatic heterocycles. The van der Waals surface area contributed by atoms with Gasteiger partial charge in [-0.1, -0.05) is 26.0 Å². The smallest absolute Gasteiger partial charge is 0.259 e. The van der Waals surface area contributed by atoms with Crippen LogP contribution in [0.5, 0.6) is 11.6 Å². The van der Waals surface area contributed by atoms with E-state index in [1.165, 1.54) is 4.90 Å². The highest BCUT2D eigenvalue weighted by Gasteiger charge is 2.64. The molecule has 6 rings (SSSR count). The Morgan fingerprint density at radius 1 is 1.16 bits per heavy atom. The lowest BCUT2D eigenvalue weighted by atomic mass is 9.91. The summed E-state index contributed by atoms with van der Waals surface area (Å²) in [6.07, 6.45) is 6.40. The van der Waals surface area contributed by atoms with Crippen LogP contribution in [0.1, 0.15) is 65.2 Å². The normalized spacial score (nSPS) is 30.2. The number of carbonyl (C=O) groups excluding carboxylic acids is 3. The van der Waals surface area contributed by atoms with Gasteiger partial charge in [0.25, 0.3) is 5.91 Å². The summed E-state index contributed by atoms with van der Waals surface area (Å²) in [6.45, 7) is 3.18. The van der Waals surface area contributed by atoms with Gasteiger partial charge >= 0.3 is 0 Å². The molecule has 3 fully saturated rings. The maximum atomic E-state index is 14.2. The molecule has 3 amide bonds. The average Bonchev–Trinajstić information content (AvgIpc) is 3.97. The summed E-state index contributed by atoms with van der Waals surface area (Å²) in [4.78, 5) is 54.3. The summed E-state index contributed by atoms with van der Waals surface area (Å²) < 4.78 is 52.2. The SMILES string of the molecule is COc1ccc2c(O[C@@H]3C[C@H]4C(=O)N[C@]5(C(=O)NS(=O)(=O)C6(CF)CC6)CC5/C=C\CC[C@H](C)C[C@@H](C)CC(=O)N4C3)nc(N(C)C)nc2c1. The molecule has 13 nitrogen and oxygen atoms in total. The molecule has 0 spiro atoms. The Kier molecular flexibility index (Phi) is 9.74. The highest BCUT2D eigenvalue weighted by Crippen LogP contribution is 2.48. The number of nitrogens with one attached hydrogen (secondary N) is 2. The average molecular weight is 715 g/mol. The second kappa shape index (κ2) is 13.6. The number of fused-ring (bicyclic) bond motifs is 3. The number of hydrogen-bond acceptors (Lipinski definition) is 10. The maximum absolute atomic E-state index is 14.2. The molecule has 0 bridgehead atoms. The molecule has 0 radical (unpaired) electrons. The van der Waals surface area contributed by atoms with Gasteiger partial charge in [-0.2, -0.15) is 4.98 Å². The minimum absolute atomic E-state index is 0.0692. The summed E-state index contributed by atoms with van der Waals surface area (Å²) in [6, 6.07) is 4.36. The van der Waals surface area contributed by atoms with Gasteiger partial charge in [-0.15, -0.1) is 0 Å². The number of carbonyl (C=O) groups is 3. The number of rotatable bonds is 8. The van der Waals surface area contributed by atoms with Gasteiger partial charge in [0.2, 0.25) is 33.7 Å². The Morgan fingerprint density at radius 2 is 1.92 bits per heavy atom. The fraction of sp³-hybridized carbons (Fsp3) is 0.629. The second-order valence-corrected chi connectivity index (χ2v) is 16.9. The van der Waals surface area contributed by atoms with Gasteiger partial charge in [-0.05, 0) is 62.5 Å². The summed E-state index contributed by atoms with van der Waals surface area (Å²) in [5, 5.41) is 3.49. The molecule has 2 N–H and O–H groups in total. The number of anilines is 1. The molecule has 2 aromatic rings. The van der Waals surface area contributed by atoms with Crippen molar-refractivity contribution < 1.29 is 36.7 Å². The van der Waals surface area contributed by atoms with Crippen LogP contribution in [0.2, 0.25) is 0 Å². The number of methoxy groups -OCH3 is 1. The van der Waals surface area contributed by atoms with Crippen LogP contribution in [0.15, 0.2) is 30.4 Å². The predicted octanol–water partition coefficient (Wildman–Crippen LogP) is 3.28. The molecule has 1 saturated heterocycles. The zero-order chi connectivity index (χ0) is 36.0. The molecule has 50 heavy (non-hydrogen) atoms. The first-order valence-electron chi connectivity index (χ1n) is 17.3. The molecule has 2 saturated carbocycles. The van der Waals surface area contributed by atoms with E-state index in [4.69, 9.17) is 9.47 Å². The van der Waals surface area contributed by atoms with E-state index in [2.05, 4.69) is 26.9 Å². The summed E-state index contributed by atoms with van der Waals surface area (Å²) >= 11 is 0. The number of amides is 3. The van der Waals surface area contributed by atoms with Crippen LogP contribution in [0.4, 0.5) is 10.3 Å². The van der Waals surface area contributed by atoms with Crippen LogP contribution < -0.4 is 24.4 Å². The van der Waals surface area contributed by atoms with E-state index in [9.17, 15) is 27.2 Å². The Morgan fingerprint density at radius 3 is 2.60 bits per heavy atom. The lowest BCUT2D eigenvalue weighted by Gasteiger charge is -2.28. The molecule has 3 heterocycles. The lowest BCUT2D eigenvalue weighted by molar-refractivity contribution is -0.140. The Balaban J connectivity index is 1.30. The first-order valence-corrected chi connectivity index (χ1v) is 18.8. The van der Waals surface area contributed by atoms with Crippen molar-refractivity contribution in [1.82, 2.24) is 24.9 Å². The van der Waals surface area contributed by atoms with Crippen molar-refractivity contribution in [3.63, 3.8) is 0 Å². The molecule has 272 valence electrons. The first kappa shape index (κ1) is 35.8. The fourth-order valence-electron chi connectivity index (χ4n) is 7.21. The Hall–Kier alpha value is -4.01. The van der Waals surface area contributed by atoms with Gasteiger partial charge in [0.05, 0.1) is 24.6 Å². The highest BCUT2D eigenvalue weighted by atomic mass is 32.2. The number of alkyl halides is 1. The number of nitrogens with zero attached hydrogens (tertiary/aromatic N) is 4. The molecule has 1 unspecified atom stereocenters. The van der Waals surface area contributed by atoms with Crippen molar-refractivity contribution in [2.45, 2.75) is 87.6 Å². The van der Waals surface area contributed by atoms with Crippen molar-refractivity contribution in [3.05, 3.63) is 30.4 Å². The van der Waals surface area contributed by atoms with Gasteiger partial charge in [0, 0.05) is 38.9 Å². The zero-order valence-corrected chi connectivity index (χ0v) is 30.1. The number of benzene rings is 1. The van der Waals surface area contributed by atoms with Crippen LogP contribution >= 0.6 is 0 Å². The van der Waals surface area contributed by atoms with Crippen molar-refractivity contribution in [1.29, 1.82) is 0 Å². The molecule has 15 heteroatoms. The van der Waals surface area contributed by atoms with Gasteiger partial charge in [0.1, 0.15) is 34.9 Å². The number of aromatic nitrogens is 2. The molecule has 1 aromatic carbocycles. The minimum atomic E-state index is -4.32. The van der Waals surface area contributed by atoms with Crippen molar-refractivity contribution in [3.8, 4) is 11.6 Å². The van der Waals surface area contributed by atoms with E-state index in [1.807, 2.05) is 33.2 Å². The standard InChI is InChI=1S/C35H47FN6O7S/c1-21-8-6-7-9-23-18-35(23,32(45)40-50(46,47)34(20-36)12-13-34)39-30(44)28-17-25(19-42(28)29(43)15-22(2)14-21)49-31-26-11-10-24(48-5)16-27(26)37-33(38-31)41(3)4/h7,9-11,16,21-23,25,28H,6,8,12-15,17-20H2,1-5H3,(H,39,44)(H,40,45)/b9-7-/t21-,22+,23?,25+,28-,35+/m0/s1. The monoisotopic (exact) mass is 714 g/mol. The molecule has 6 atom stereocenters. The molecule has 1 aromatic heterocycles. The van der Waals surface area contributed by atoms with E-state index < -0.39 is 56.9 Å². The number of allylic oxidation sites excluding steroid dienone is 1. The molecule has 2 aliphatic carbocycles. The van der Waals surface area contributed by atoms with Crippen molar-refractivity contribution in [2.75, 3.05) is 39.3 Å². The van der Waals surface area contributed by atoms with Gasteiger partial charge in [-0.25, -0.2) is 17.8 Å². The number of halogens is 1. The number of sulfonamides is 1. The summed E-state index contributed by atoms with van der Waals surface area (Å²) in [5.74, 6) is -0.436. The molecular weight excluding hydrogens is 667 g/mol. The second-order valence-electron chi connectivity index (χ2n) is 14.8. The van der Waals surface area contributed by atoms with Crippen molar-refractivity contribution >= 4 is 44.6 Å². The topological polar surface area (TPSA) is 160 Å². The third kappa shape index (κ3) is 6.97. The maximum Gasteiger partial charge on any atom is 0.259 e. The minimum Gasteiger partial charge on any atom is -0.497 e. The van der Waals surface area contributed by atoms with Crippen molar-refractivity contribution in [2.24, 2.45) is 17.8 Å². The summed E-state index contributed by atoms with van der Waals surface area (Å²) in [7, 11) is 0.866. The quantitative estimate of drug-likeness (QED) is 0.389. The highest BCUT2D eigenvalue weighted by molar-refractivity contribution is 7.91. The van der Waals surface area contributed by atoms with E-state index in [-0.39, 0.29) is 50.5 Å². The lowest BCUT2D eigenvalue weighted by Crippen LogP contribution is -2.57. The van der Waals surface area contributed by atoms with Crippen LogP contribution in [0.3, 0.4) is 0 Å². The molecule has 4 aliphatic rings. The van der Waals surface area contributed by atoms with Crippen LogP contribution in [-0.4, -0.2) is 97.9 Å². The van der Waals surface area contributed by atoms with Gasteiger partial charge in [0.15, 0.2) is 0 Å². The van der Waals surface area contributed by atoms with Crippen LogP contribution in [0, 0.1) is 17.8 Å². The van der Waals surface area contributed by atoms with Crippen LogP contribution in [-0.2, 0) is 24.4 Å². The first-order chi connectivity index (χ1) is 23.7. The van der Waals surface area contributed by atoms with Gasteiger partial charge in [-0.3, -0.25) is 19.1 Å². The fourth-order valence-corrected chi connectivity index (χ4v) is 8.64.